The highest BCUT2D eigenvalue weighted by Crippen LogP contribution is 2.23. The van der Waals surface area contributed by atoms with E-state index in [0.717, 1.165) is 5.69 Å². The van der Waals surface area contributed by atoms with Gasteiger partial charge in [-0.2, -0.15) is 0 Å². The van der Waals surface area contributed by atoms with Gasteiger partial charge in [-0.1, -0.05) is 0 Å². The molecule has 17 heavy (non-hydrogen) atoms. The number of methoxy groups -OCH3 is 1. The molecule has 88 valence electrons. The second-order valence-electron chi connectivity index (χ2n) is 3.61. The van der Waals surface area contributed by atoms with E-state index >= 15 is 0 Å². The smallest absolute Gasteiger partial charge is 0.165 e. The second-order valence-corrected chi connectivity index (χ2v) is 3.61. The molecule has 2 aromatic rings. The maximum atomic E-state index is 13.5. The number of halogens is 1. The van der Waals surface area contributed by atoms with Crippen molar-refractivity contribution in [2.75, 3.05) is 12.8 Å². The number of nitrogen functional groups attached to an aromatic ring is 1. The zero-order valence-corrected chi connectivity index (χ0v) is 9.57. The third kappa shape index (κ3) is 2.33. The van der Waals surface area contributed by atoms with Gasteiger partial charge in [0.25, 0.3) is 0 Å². The lowest BCUT2D eigenvalue weighted by molar-refractivity contribution is 0.386. The average Bonchev–Trinajstić information content (AvgIpc) is 2.27. The first-order chi connectivity index (χ1) is 8.10. The molecule has 0 spiro atoms. The number of aromatic nitrogens is 2. The lowest BCUT2D eigenvalue weighted by atomic mass is 10.2. The van der Waals surface area contributed by atoms with Crippen LogP contribution in [0.1, 0.15) is 5.69 Å². The molecule has 0 atom stereocenters. The predicted octanol–water partition coefficient (Wildman–Crippen LogP) is 2.18. The van der Waals surface area contributed by atoms with E-state index in [1.54, 1.807) is 19.1 Å². The number of aryl methyl sites for hydroxylation is 1. The molecular formula is C12H12FN3O. The van der Waals surface area contributed by atoms with Crippen molar-refractivity contribution in [2.24, 2.45) is 0 Å². The third-order valence-corrected chi connectivity index (χ3v) is 2.28. The van der Waals surface area contributed by atoms with Crippen molar-refractivity contribution >= 4 is 5.82 Å². The maximum Gasteiger partial charge on any atom is 0.165 e. The second kappa shape index (κ2) is 4.37. The molecule has 0 bridgehead atoms. The van der Waals surface area contributed by atoms with Gasteiger partial charge in [0.05, 0.1) is 7.11 Å². The van der Waals surface area contributed by atoms with Crippen molar-refractivity contribution in [1.82, 2.24) is 9.97 Å². The molecule has 0 amide bonds. The van der Waals surface area contributed by atoms with E-state index in [0.29, 0.717) is 17.2 Å². The van der Waals surface area contributed by atoms with Crippen LogP contribution in [0.25, 0.3) is 11.4 Å². The van der Waals surface area contributed by atoms with Gasteiger partial charge in [0.15, 0.2) is 17.4 Å². The molecular weight excluding hydrogens is 221 g/mol. The van der Waals surface area contributed by atoms with E-state index in [1.165, 1.54) is 19.2 Å². The largest absolute Gasteiger partial charge is 0.494 e. The Balaban J connectivity index is 2.49. The summed E-state index contributed by atoms with van der Waals surface area (Å²) in [5.41, 5.74) is 6.93. The van der Waals surface area contributed by atoms with Gasteiger partial charge in [-0.05, 0) is 25.1 Å². The zero-order valence-electron chi connectivity index (χ0n) is 9.57. The molecule has 0 aliphatic heterocycles. The summed E-state index contributed by atoms with van der Waals surface area (Å²) in [7, 11) is 1.42. The van der Waals surface area contributed by atoms with Crippen molar-refractivity contribution in [3.63, 3.8) is 0 Å². The minimum absolute atomic E-state index is 0.189. The quantitative estimate of drug-likeness (QED) is 0.863. The molecule has 4 nitrogen and oxygen atoms in total. The molecule has 2 N–H and O–H groups in total. The normalized spacial score (nSPS) is 10.3. The number of rotatable bonds is 2. The molecule has 1 aromatic carbocycles. The Labute approximate surface area is 98.3 Å². The van der Waals surface area contributed by atoms with Crippen molar-refractivity contribution in [2.45, 2.75) is 6.92 Å². The number of ether oxygens (including phenoxy) is 1. The number of anilines is 1. The van der Waals surface area contributed by atoms with Gasteiger partial charge in [0.2, 0.25) is 0 Å². The van der Waals surface area contributed by atoms with E-state index < -0.39 is 5.82 Å². The Morgan fingerprint density at radius 2 is 2.00 bits per heavy atom. The van der Waals surface area contributed by atoms with Gasteiger partial charge in [-0.15, -0.1) is 0 Å². The molecule has 0 fully saturated rings. The van der Waals surface area contributed by atoms with Crippen LogP contribution in [0.4, 0.5) is 10.2 Å². The molecule has 0 unspecified atom stereocenters. The standard InChI is InChI=1S/C12H12FN3O/c1-7-5-11(14)16-12(15-7)8-3-4-10(17-2)9(13)6-8/h3-6H,1-2H3,(H2,14,15,16). The summed E-state index contributed by atoms with van der Waals surface area (Å²) in [6.45, 7) is 1.81. The topological polar surface area (TPSA) is 61.0 Å². The van der Waals surface area contributed by atoms with Crippen LogP contribution in [-0.4, -0.2) is 17.1 Å². The Morgan fingerprint density at radius 3 is 2.59 bits per heavy atom. The van der Waals surface area contributed by atoms with Crippen LogP contribution in [0, 0.1) is 12.7 Å². The van der Waals surface area contributed by atoms with Crippen LogP contribution >= 0.6 is 0 Å². The molecule has 0 aliphatic carbocycles. The first-order valence-electron chi connectivity index (χ1n) is 5.05. The van der Waals surface area contributed by atoms with E-state index in [2.05, 4.69) is 9.97 Å². The molecule has 5 heteroatoms. The fourth-order valence-corrected chi connectivity index (χ4v) is 1.53. The van der Waals surface area contributed by atoms with Gasteiger partial charge in [-0.25, -0.2) is 14.4 Å². The molecule has 0 radical (unpaired) electrons. The van der Waals surface area contributed by atoms with E-state index in [4.69, 9.17) is 10.5 Å². The summed E-state index contributed by atoms with van der Waals surface area (Å²) in [6.07, 6.45) is 0. The SMILES string of the molecule is COc1ccc(-c2nc(C)cc(N)n2)cc1F. The lowest BCUT2D eigenvalue weighted by Crippen LogP contribution is -1.98. The van der Waals surface area contributed by atoms with Gasteiger partial charge in [-0.3, -0.25) is 0 Å². The van der Waals surface area contributed by atoms with Gasteiger partial charge in [0.1, 0.15) is 5.82 Å². The van der Waals surface area contributed by atoms with E-state index in [1.807, 2.05) is 0 Å². The molecule has 1 aromatic heterocycles. The average molecular weight is 233 g/mol. The van der Waals surface area contributed by atoms with Crippen molar-refractivity contribution in [3.05, 3.63) is 35.8 Å². The van der Waals surface area contributed by atoms with Crippen LogP contribution < -0.4 is 10.5 Å². The first kappa shape index (κ1) is 11.3. The van der Waals surface area contributed by atoms with Crippen LogP contribution in [0.15, 0.2) is 24.3 Å². The van der Waals surface area contributed by atoms with Crippen molar-refractivity contribution < 1.29 is 9.13 Å². The van der Waals surface area contributed by atoms with Crippen molar-refractivity contribution in [1.29, 1.82) is 0 Å². The number of benzene rings is 1. The molecule has 0 aliphatic rings. The zero-order chi connectivity index (χ0) is 12.4. The van der Waals surface area contributed by atoms with E-state index in [-0.39, 0.29) is 5.75 Å². The summed E-state index contributed by atoms with van der Waals surface area (Å²) in [5, 5.41) is 0. The van der Waals surface area contributed by atoms with Crippen molar-refractivity contribution in [3.8, 4) is 17.1 Å². The molecule has 2 rings (SSSR count). The Hall–Kier alpha value is -2.17. The maximum absolute atomic E-state index is 13.5. The fraction of sp³-hybridized carbons (Fsp3) is 0.167. The highest BCUT2D eigenvalue weighted by atomic mass is 19.1. The Bertz CT molecular complexity index is 537. The van der Waals surface area contributed by atoms with Crippen LogP contribution in [0.5, 0.6) is 5.75 Å². The van der Waals surface area contributed by atoms with Gasteiger partial charge in [0, 0.05) is 17.3 Å². The number of hydrogen-bond acceptors (Lipinski definition) is 4. The predicted molar refractivity (Wildman–Crippen MR) is 63.1 cm³/mol. The molecule has 1 heterocycles. The Kier molecular flexibility index (Phi) is 2.91. The summed E-state index contributed by atoms with van der Waals surface area (Å²) in [6, 6.07) is 6.21. The fourth-order valence-electron chi connectivity index (χ4n) is 1.53. The van der Waals surface area contributed by atoms with Gasteiger partial charge < -0.3 is 10.5 Å². The van der Waals surface area contributed by atoms with Crippen LogP contribution in [0.3, 0.4) is 0 Å². The minimum atomic E-state index is -0.450. The molecule has 0 saturated carbocycles. The lowest BCUT2D eigenvalue weighted by Gasteiger charge is -2.05. The van der Waals surface area contributed by atoms with Gasteiger partial charge >= 0.3 is 0 Å². The van der Waals surface area contributed by atoms with Crippen LogP contribution in [0.2, 0.25) is 0 Å². The summed E-state index contributed by atoms with van der Waals surface area (Å²) in [4.78, 5) is 8.26. The van der Waals surface area contributed by atoms with E-state index in [9.17, 15) is 4.39 Å². The number of nitrogens with two attached hydrogens (primary N) is 1. The monoisotopic (exact) mass is 233 g/mol. The highest BCUT2D eigenvalue weighted by molar-refractivity contribution is 5.58. The Morgan fingerprint density at radius 1 is 1.24 bits per heavy atom. The molecule has 0 saturated heterocycles. The number of nitrogens with zero attached hydrogens (tertiary/aromatic N) is 2. The third-order valence-electron chi connectivity index (χ3n) is 2.28. The minimum Gasteiger partial charge on any atom is -0.494 e. The highest BCUT2D eigenvalue weighted by Gasteiger charge is 2.08. The van der Waals surface area contributed by atoms with Crippen LogP contribution in [-0.2, 0) is 0 Å². The number of hydrogen-bond donors (Lipinski definition) is 1. The summed E-state index contributed by atoms with van der Waals surface area (Å²) in [5.74, 6) is 0.510. The first-order valence-corrected chi connectivity index (χ1v) is 5.05. The summed E-state index contributed by atoms with van der Waals surface area (Å²) >= 11 is 0. The summed E-state index contributed by atoms with van der Waals surface area (Å²) < 4.78 is 18.4.